The number of nitrogens with zero attached hydrogens (tertiary/aromatic N) is 3. The van der Waals surface area contributed by atoms with Gasteiger partial charge in [0.2, 0.25) is 5.95 Å². The van der Waals surface area contributed by atoms with E-state index in [-0.39, 0.29) is 0 Å². The van der Waals surface area contributed by atoms with Crippen LogP contribution >= 0.6 is 11.3 Å². The molecule has 2 heterocycles. The van der Waals surface area contributed by atoms with Gasteiger partial charge in [-0.25, -0.2) is 4.98 Å². The van der Waals surface area contributed by atoms with E-state index >= 15 is 0 Å². The van der Waals surface area contributed by atoms with E-state index in [1.54, 1.807) is 0 Å². The second-order valence-electron chi connectivity index (χ2n) is 8.99. The highest BCUT2D eigenvalue weighted by atomic mass is 32.1. The van der Waals surface area contributed by atoms with E-state index in [9.17, 15) is 0 Å². The molecule has 1 saturated carbocycles. The van der Waals surface area contributed by atoms with Crippen LogP contribution in [-0.2, 0) is 6.54 Å². The summed E-state index contributed by atoms with van der Waals surface area (Å²) in [6.07, 6.45) is 4.60. The fraction of sp³-hybridized carbons (Fsp3) is 0.333. The number of nitrogens with one attached hydrogen (secondary N) is 2. The third-order valence-electron chi connectivity index (χ3n) is 6.35. The van der Waals surface area contributed by atoms with E-state index in [0.29, 0.717) is 12.1 Å². The molecule has 6 heteroatoms. The van der Waals surface area contributed by atoms with Gasteiger partial charge in [0.1, 0.15) is 5.82 Å². The zero-order valence-corrected chi connectivity index (χ0v) is 20.1. The summed E-state index contributed by atoms with van der Waals surface area (Å²) in [6.45, 7) is 0.945. The Hall–Kier alpha value is -2.96. The van der Waals surface area contributed by atoms with Gasteiger partial charge in [0.15, 0.2) is 0 Å². The number of hydrogen-bond donors (Lipinski definition) is 2. The quantitative estimate of drug-likeness (QED) is 0.360. The molecule has 2 aromatic heterocycles. The van der Waals surface area contributed by atoms with E-state index in [2.05, 4.69) is 70.1 Å². The minimum Gasteiger partial charge on any atom is -0.362 e. The lowest BCUT2D eigenvalue weighted by molar-refractivity contribution is 0.353. The van der Waals surface area contributed by atoms with Crippen molar-refractivity contribution in [1.82, 2.24) is 15.3 Å². The molecular formula is C27H31N5S. The van der Waals surface area contributed by atoms with Gasteiger partial charge in [0.05, 0.1) is 5.52 Å². The molecule has 1 fully saturated rings. The van der Waals surface area contributed by atoms with Crippen LogP contribution in [0.4, 0.5) is 11.8 Å². The molecule has 0 saturated heterocycles. The average molecular weight is 458 g/mol. The monoisotopic (exact) mass is 457 g/mol. The topological polar surface area (TPSA) is 53.1 Å². The Bertz CT molecular complexity index is 1200. The average Bonchev–Trinajstić information content (AvgIpc) is 3.33. The van der Waals surface area contributed by atoms with Crippen LogP contribution in [0, 0.1) is 0 Å². The Kier molecular flexibility index (Phi) is 6.55. The van der Waals surface area contributed by atoms with Crippen LogP contribution in [-0.4, -0.2) is 36.1 Å². The van der Waals surface area contributed by atoms with Crippen LogP contribution in [0.3, 0.4) is 0 Å². The van der Waals surface area contributed by atoms with Crippen molar-refractivity contribution < 1.29 is 0 Å². The molecule has 2 aromatic carbocycles. The molecule has 0 bridgehead atoms. The fourth-order valence-corrected chi connectivity index (χ4v) is 5.53. The van der Waals surface area contributed by atoms with Gasteiger partial charge in [-0.15, -0.1) is 11.3 Å². The predicted octanol–water partition coefficient (Wildman–Crippen LogP) is 5.94. The normalized spacial score (nSPS) is 18.4. The van der Waals surface area contributed by atoms with Gasteiger partial charge in [-0.3, -0.25) is 0 Å². The first-order valence-corrected chi connectivity index (χ1v) is 12.6. The first-order chi connectivity index (χ1) is 16.2. The van der Waals surface area contributed by atoms with Gasteiger partial charge in [-0.05, 0) is 55.5 Å². The number of anilines is 2. The highest BCUT2D eigenvalue weighted by Gasteiger charge is 2.22. The van der Waals surface area contributed by atoms with Gasteiger partial charge in [0, 0.05) is 47.9 Å². The molecule has 0 aliphatic heterocycles. The molecule has 4 aromatic rings. The van der Waals surface area contributed by atoms with Crippen LogP contribution in [0.1, 0.15) is 30.6 Å². The van der Waals surface area contributed by atoms with Gasteiger partial charge in [0.25, 0.3) is 0 Å². The zero-order valence-electron chi connectivity index (χ0n) is 19.3. The summed E-state index contributed by atoms with van der Waals surface area (Å²) in [7, 11) is 4.07. The summed E-state index contributed by atoms with van der Waals surface area (Å²) in [4.78, 5) is 14.4. The third-order valence-corrected chi connectivity index (χ3v) is 7.49. The van der Waals surface area contributed by atoms with E-state index in [1.165, 1.54) is 28.2 Å². The molecular weight excluding hydrogens is 426 g/mol. The molecule has 5 nitrogen and oxygen atoms in total. The van der Waals surface area contributed by atoms with E-state index < -0.39 is 0 Å². The lowest BCUT2D eigenvalue weighted by atomic mass is 9.91. The van der Waals surface area contributed by atoms with Crippen molar-refractivity contribution in [2.75, 3.05) is 24.3 Å². The molecule has 0 spiro atoms. The maximum Gasteiger partial charge on any atom is 0.225 e. The summed E-state index contributed by atoms with van der Waals surface area (Å²) in [5.74, 6) is 1.70. The summed E-state index contributed by atoms with van der Waals surface area (Å²) in [5.41, 5.74) is 2.29. The van der Waals surface area contributed by atoms with Crippen LogP contribution in [0.5, 0.6) is 0 Å². The highest BCUT2D eigenvalue weighted by Crippen LogP contribution is 2.29. The second kappa shape index (κ2) is 9.89. The molecule has 0 unspecified atom stereocenters. The predicted molar refractivity (Wildman–Crippen MR) is 140 cm³/mol. The Morgan fingerprint density at radius 3 is 2.36 bits per heavy atom. The van der Waals surface area contributed by atoms with Crippen LogP contribution < -0.4 is 15.5 Å². The Morgan fingerprint density at radius 2 is 1.58 bits per heavy atom. The van der Waals surface area contributed by atoms with Crippen molar-refractivity contribution in [2.24, 2.45) is 0 Å². The van der Waals surface area contributed by atoms with Gasteiger partial charge >= 0.3 is 0 Å². The number of rotatable bonds is 7. The molecule has 2 N–H and O–H groups in total. The standard InChI is InChI=1S/C27H31N5S/c1-32(2)26-23-10-6-7-11-24(23)30-27(31-26)29-21-14-12-20(13-15-21)28-18-22-16-17-25(33-22)19-8-4-3-5-9-19/h3-11,16-17,20-21,28H,12-15,18H2,1-2H3,(H,29,30,31). The molecule has 170 valence electrons. The van der Waals surface area contributed by atoms with Crippen LogP contribution in [0.2, 0.25) is 0 Å². The lowest BCUT2D eigenvalue weighted by Gasteiger charge is -2.30. The SMILES string of the molecule is CN(C)c1nc(NC2CCC(NCc3ccc(-c4ccccc4)s3)CC2)nc2ccccc12. The minimum atomic E-state index is 0.422. The molecule has 0 atom stereocenters. The van der Waals surface area contributed by atoms with Gasteiger partial charge in [-0.1, -0.05) is 42.5 Å². The first-order valence-electron chi connectivity index (χ1n) is 11.7. The van der Waals surface area contributed by atoms with Gasteiger partial charge in [-0.2, -0.15) is 4.98 Å². The van der Waals surface area contributed by atoms with E-state index in [0.717, 1.165) is 42.1 Å². The molecule has 33 heavy (non-hydrogen) atoms. The van der Waals surface area contributed by atoms with Crippen molar-refractivity contribution in [3.63, 3.8) is 0 Å². The second-order valence-corrected chi connectivity index (χ2v) is 10.2. The Morgan fingerprint density at radius 1 is 0.848 bits per heavy atom. The van der Waals surface area contributed by atoms with Crippen molar-refractivity contribution in [1.29, 1.82) is 0 Å². The number of hydrogen-bond acceptors (Lipinski definition) is 6. The van der Waals surface area contributed by atoms with E-state index in [4.69, 9.17) is 9.97 Å². The lowest BCUT2D eigenvalue weighted by Crippen LogP contribution is -2.36. The molecule has 0 amide bonds. The number of aromatic nitrogens is 2. The smallest absolute Gasteiger partial charge is 0.225 e. The summed E-state index contributed by atoms with van der Waals surface area (Å²) >= 11 is 1.89. The summed E-state index contributed by atoms with van der Waals surface area (Å²) in [5, 5.41) is 8.48. The van der Waals surface area contributed by atoms with Crippen molar-refractivity contribution >= 4 is 34.0 Å². The molecule has 0 radical (unpaired) electrons. The Balaban J connectivity index is 1.15. The maximum absolute atomic E-state index is 4.81. The van der Waals surface area contributed by atoms with Crippen LogP contribution in [0.15, 0.2) is 66.7 Å². The Labute approximate surface area is 199 Å². The molecule has 5 rings (SSSR count). The van der Waals surface area contributed by atoms with Crippen molar-refractivity contribution in [3.8, 4) is 10.4 Å². The third kappa shape index (κ3) is 5.18. The van der Waals surface area contributed by atoms with E-state index in [1.807, 2.05) is 37.6 Å². The summed E-state index contributed by atoms with van der Waals surface area (Å²) < 4.78 is 0. The molecule has 1 aliphatic carbocycles. The van der Waals surface area contributed by atoms with Gasteiger partial charge < -0.3 is 15.5 Å². The number of thiophene rings is 1. The largest absolute Gasteiger partial charge is 0.362 e. The molecule has 1 aliphatic rings. The fourth-order valence-electron chi connectivity index (χ4n) is 4.57. The van der Waals surface area contributed by atoms with Crippen LogP contribution in [0.25, 0.3) is 21.3 Å². The highest BCUT2D eigenvalue weighted by molar-refractivity contribution is 7.15. The number of fused-ring (bicyclic) bond motifs is 1. The zero-order chi connectivity index (χ0) is 22.6. The van der Waals surface area contributed by atoms with Crippen molar-refractivity contribution in [3.05, 3.63) is 71.6 Å². The summed E-state index contributed by atoms with van der Waals surface area (Å²) in [6, 6.07) is 24.3. The number of para-hydroxylation sites is 1. The minimum absolute atomic E-state index is 0.422. The number of benzene rings is 2. The first kappa shape index (κ1) is 21.9. The maximum atomic E-state index is 4.81. The van der Waals surface area contributed by atoms with Crippen molar-refractivity contribution in [2.45, 2.75) is 44.3 Å².